The summed E-state index contributed by atoms with van der Waals surface area (Å²) in [7, 11) is 0. The molecule has 10 heteroatoms. The number of hydrogen-bond donors (Lipinski definition) is 2. The van der Waals surface area contributed by atoms with Crippen LogP contribution < -0.4 is 15.8 Å². The number of fused-ring (bicyclic) bond motifs is 1. The number of pyridine rings is 1. The molecule has 32 heavy (non-hydrogen) atoms. The molecular weight excluding hydrogens is 441 g/mol. The van der Waals surface area contributed by atoms with Crippen LogP contribution in [-0.4, -0.2) is 22.2 Å². The molecule has 2 heterocycles. The topological polar surface area (TPSA) is 90.1 Å². The molecule has 0 aliphatic rings. The second-order valence-corrected chi connectivity index (χ2v) is 8.04. The maximum Gasteiger partial charge on any atom is 0.573 e. The molecular formula is C22H17F3N4O2S. The molecule has 0 saturated heterocycles. The van der Waals surface area contributed by atoms with E-state index in [1.165, 1.54) is 35.7 Å². The van der Waals surface area contributed by atoms with Crippen molar-refractivity contribution in [1.29, 1.82) is 0 Å². The van der Waals surface area contributed by atoms with Crippen molar-refractivity contribution in [3.8, 4) is 16.9 Å². The highest BCUT2D eigenvalue weighted by Crippen LogP contribution is 2.31. The van der Waals surface area contributed by atoms with Crippen LogP contribution in [0.25, 0.3) is 21.3 Å². The number of amides is 1. The van der Waals surface area contributed by atoms with Crippen molar-refractivity contribution in [2.24, 2.45) is 0 Å². The number of ether oxygens (including phenoxy) is 1. The summed E-state index contributed by atoms with van der Waals surface area (Å²) in [4.78, 5) is 21.1. The van der Waals surface area contributed by atoms with E-state index in [1.54, 1.807) is 25.3 Å². The number of anilines is 1. The van der Waals surface area contributed by atoms with Crippen molar-refractivity contribution >= 4 is 32.6 Å². The van der Waals surface area contributed by atoms with Crippen molar-refractivity contribution in [3.63, 3.8) is 0 Å². The summed E-state index contributed by atoms with van der Waals surface area (Å²) in [5.74, 6) is -0.839. The van der Waals surface area contributed by atoms with Crippen molar-refractivity contribution < 1.29 is 22.7 Å². The number of carbonyl (C=O) groups excluding carboxylic acids is 1. The van der Waals surface area contributed by atoms with E-state index in [0.29, 0.717) is 10.7 Å². The Morgan fingerprint density at radius 3 is 2.69 bits per heavy atom. The maximum atomic E-state index is 12.8. The first-order chi connectivity index (χ1) is 15.2. The summed E-state index contributed by atoms with van der Waals surface area (Å²) in [6.45, 7) is 1.58. The van der Waals surface area contributed by atoms with E-state index in [2.05, 4.69) is 20.0 Å². The first-order valence-electron chi connectivity index (χ1n) is 9.46. The molecule has 0 aliphatic carbocycles. The van der Waals surface area contributed by atoms with Crippen LogP contribution in [0.15, 0.2) is 60.9 Å². The Kier molecular flexibility index (Phi) is 5.70. The summed E-state index contributed by atoms with van der Waals surface area (Å²) in [5, 5.41) is 3.16. The molecule has 2 aromatic heterocycles. The van der Waals surface area contributed by atoms with Gasteiger partial charge in [0.15, 0.2) is 5.13 Å². The lowest BCUT2D eigenvalue weighted by Gasteiger charge is -2.19. The van der Waals surface area contributed by atoms with Gasteiger partial charge in [-0.05, 0) is 36.8 Å². The largest absolute Gasteiger partial charge is 0.573 e. The number of rotatable bonds is 5. The smallest absolute Gasteiger partial charge is 0.405 e. The molecule has 0 bridgehead atoms. The van der Waals surface area contributed by atoms with Crippen molar-refractivity contribution in [2.75, 3.05) is 5.73 Å². The standard InChI is InChI=1S/C22H17F3N4O2S/c1-12(16-4-2-3-5-18(16)31-22(23,24)25)28-20(30)15-8-14(10-27-11-15)13-6-7-17-19(9-13)32-21(26)29-17/h2-12H,1H3,(H2,26,29)(H,28,30). The Balaban J connectivity index is 1.55. The highest BCUT2D eigenvalue weighted by molar-refractivity contribution is 7.22. The van der Waals surface area contributed by atoms with Gasteiger partial charge in [0.05, 0.1) is 21.8 Å². The lowest BCUT2D eigenvalue weighted by molar-refractivity contribution is -0.275. The number of aromatic nitrogens is 2. The van der Waals surface area contributed by atoms with Crippen LogP contribution in [0.5, 0.6) is 5.75 Å². The number of para-hydroxylation sites is 1. The molecule has 1 atom stereocenters. The summed E-state index contributed by atoms with van der Waals surface area (Å²) in [5.41, 5.74) is 8.55. The molecule has 0 radical (unpaired) electrons. The summed E-state index contributed by atoms with van der Waals surface area (Å²) >= 11 is 1.36. The van der Waals surface area contributed by atoms with Gasteiger partial charge in [-0.3, -0.25) is 9.78 Å². The quantitative estimate of drug-likeness (QED) is 0.422. The van der Waals surface area contributed by atoms with Crippen LogP contribution in [0.4, 0.5) is 18.3 Å². The number of hydrogen-bond acceptors (Lipinski definition) is 6. The summed E-state index contributed by atoms with van der Waals surface area (Å²) < 4.78 is 43.1. The zero-order chi connectivity index (χ0) is 22.9. The molecule has 4 rings (SSSR count). The van der Waals surface area contributed by atoms with Crippen molar-refractivity contribution in [2.45, 2.75) is 19.3 Å². The number of thiazole rings is 1. The van der Waals surface area contributed by atoms with Crippen LogP contribution in [-0.2, 0) is 0 Å². The van der Waals surface area contributed by atoms with Gasteiger partial charge < -0.3 is 15.8 Å². The maximum absolute atomic E-state index is 12.8. The highest BCUT2D eigenvalue weighted by atomic mass is 32.1. The van der Waals surface area contributed by atoms with Gasteiger partial charge in [-0.1, -0.05) is 35.6 Å². The van der Waals surface area contributed by atoms with Gasteiger partial charge >= 0.3 is 6.36 Å². The van der Waals surface area contributed by atoms with Crippen LogP contribution in [0, 0.1) is 0 Å². The Morgan fingerprint density at radius 2 is 1.91 bits per heavy atom. The first-order valence-corrected chi connectivity index (χ1v) is 10.3. The normalized spacial score (nSPS) is 12.5. The number of alkyl halides is 3. The average molecular weight is 458 g/mol. The Hall–Kier alpha value is -3.66. The second-order valence-electron chi connectivity index (χ2n) is 6.98. The van der Waals surface area contributed by atoms with Gasteiger partial charge in [0.2, 0.25) is 0 Å². The van der Waals surface area contributed by atoms with Gasteiger partial charge in [-0.2, -0.15) is 0 Å². The number of benzene rings is 2. The van der Waals surface area contributed by atoms with Gasteiger partial charge in [0.1, 0.15) is 5.75 Å². The third-order valence-corrected chi connectivity index (χ3v) is 5.54. The fourth-order valence-electron chi connectivity index (χ4n) is 3.26. The van der Waals surface area contributed by atoms with Gasteiger partial charge in [-0.25, -0.2) is 4.98 Å². The molecule has 1 amide bonds. The molecule has 0 aliphatic heterocycles. The SMILES string of the molecule is CC(NC(=O)c1cncc(-c2ccc3nc(N)sc3c2)c1)c1ccccc1OC(F)(F)F. The summed E-state index contributed by atoms with van der Waals surface area (Å²) in [6, 6.07) is 12.2. The van der Waals surface area contributed by atoms with Crippen LogP contribution in [0.1, 0.15) is 28.9 Å². The molecule has 4 aromatic rings. The van der Waals surface area contributed by atoms with E-state index in [0.717, 1.165) is 15.8 Å². The minimum atomic E-state index is -4.83. The molecule has 3 N–H and O–H groups in total. The summed E-state index contributed by atoms with van der Waals surface area (Å²) in [6.07, 6.45) is -1.81. The predicted octanol–water partition coefficient (Wildman–Crippen LogP) is 5.33. The number of halogens is 3. The third kappa shape index (κ3) is 4.80. The number of nitrogens with one attached hydrogen (secondary N) is 1. The lowest BCUT2D eigenvalue weighted by Crippen LogP contribution is -2.28. The van der Waals surface area contributed by atoms with Crippen LogP contribution in [0.3, 0.4) is 0 Å². The zero-order valence-corrected chi connectivity index (χ0v) is 17.5. The minimum Gasteiger partial charge on any atom is -0.405 e. The number of nitrogen functional groups attached to an aromatic ring is 1. The van der Waals surface area contributed by atoms with E-state index >= 15 is 0 Å². The van der Waals surface area contributed by atoms with Crippen LogP contribution in [0.2, 0.25) is 0 Å². The van der Waals surface area contributed by atoms with Crippen molar-refractivity contribution in [3.05, 3.63) is 72.1 Å². The molecule has 164 valence electrons. The number of carbonyl (C=O) groups is 1. The van der Waals surface area contributed by atoms with E-state index in [9.17, 15) is 18.0 Å². The minimum absolute atomic E-state index is 0.204. The number of nitrogens with zero attached hydrogens (tertiary/aromatic N) is 2. The molecule has 0 fully saturated rings. The molecule has 1 unspecified atom stereocenters. The zero-order valence-electron chi connectivity index (χ0n) is 16.7. The molecule has 0 saturated carbocycles. The first kappa shape index (κ1) is 21.6. The lowest BCUT2D eigenvalue weighted by atomic mass is 10.0. The second kappa shape index (κ2) is 8.46. The van der Waals surface area contributed by atoms with E-state index in [1.807, 2.05) is 18.2 Å². The van der Waals surface area contributed by atoms with E-state index < -0.39 is 18.3 Å². The van der Waals surface area contributed by atoms with E-state index in [-0.39, 0.29) is 16.9 Å². The van der Waals surface area contributed by atoms with Gasteiger partial charge in [0.25, 0.3) is 5.91 Å². The monoisotopic (exact) mass is 458 g/mol. The Morgan fingerprint density at radius 1 is 1.12 bits per heavy atom. The third-order valence-electron chi connectivity index (χ3n) is 4.70. The Bertz CT molecular complexity index is 1290. The van der Waals surface area contributed by atoms with Crippen molar-refractivity contribution in [1.82, 2.24) is 15.3 Å². The molecule has 0 spiro atoms. The van der Waals surface area contributed by atoms with Gasteiger partial charge in [0, 0.05) is 23.5 Å². The molecule has 6 nitrogen and oxygen atoms in total. The fourth-order valence-corrected chi connectivity index (χ4v) is 4.03. The van der Waals surface area contributed by atoms with Crippen LogP contribution >= 0.6 is 11.3 Å². The fraction of sp³-hybridized carbons (Fsp3) is 0.136. The highest BCUT2D eigenvalue weighted by Gasteiger charge is 2.32. The Labute approximate surface area is 184 Å². The molecule has 2 aromatic carbocycles. The van der Waals surface area contributed by atoms with Gasteiger partial charge in [-0.15, -0.1) is 13.2 Å². The average Bonchev–Trinajstić information content (AvgIpc) is 3.12. The van der Waals surface area contributed by atoms with E-state index in [4.69, 9.17) is 5.73 Å². The number of nitrogens with two attached hydrogens (primary N) is 1. The predicted molar refractivity (Wildman–Crippen MR) is 116 cm³/mol.